The van der Waals surface area contributed by atoms with Crippen molar-refractivity contribution in [3.05, 3.63) is 24.1 Å². The van der Waals surface area contributed by atoms with Crippen LogP contribution < -0.4 is 5.73 Å². The summed E-state index contributed by atoms with van der Waals surface area (Å²) in [7, 11) is 0. The number of hydrogen-bond donors (Lipinski definition) is 1. The van der Waals surface area contributed by atoms with Gasteiger partial charge in [-0.3, -0.25) is 0 Å². The van der Waals surface area contributed by atoms with Crippen LogP contribution in [0, 0.1) is 0 Å². The van der Waals surface area contributed by atoms with E-state index in [0.717, 1.165) is 6.08 Å². The van der Waals surface area contributed by atoms with Crippen molar-refractivity contribution in [2.45, 2.75) is 10.6 Å². The second kappa shape index (κ2) is 2.43. The zero-order valence-corrected chi connectivity index (χ0v) is 6.61. The summed E-state index contributed by atoms with van der Waals surface area (Å²) in [5.74, 6) is -0.692. The number of halogens is 3. The Kier molecular flexibility index (Phi) is 1.92. The zero-order valence-electron chi connectivity index (χ0n) is 5.02. The molecular formula is C6H6BrF2N. The highest BCUT2D eigenvalue weighted by molar-refractivity contribution is 9.10. The fraction of sp³-hybridized carbons (Fsp3) is 0.333. The highest BCUT2D eigenvalue weighted by atomic mass is 79.9. The molecule has 1 aliphatic carbocycles. The lowest BCUT2D eigenvalue weighted by atomic mass is 10.1. The van der Waals surface area contributed by atoms with E-state index < -0.39 is 16.4 Å². The summed E-state index contributed by atoms with van der Waals surface area (Å²) < 4.78 is 23.6. The standard InChI is InChI=1S/C6H6BrF2N/c7-6(10)4(8)2-1-3-5(6)9/h1-4H,10H2. The molecule has 0 spiro atoms. The van der Waals surface area contributed by atoms with Crippen molar-refractivity contribution in [1.29, 1.82) is 0 Å². The van der Waals surface area contributed by atoms with Crippen LogP contribution in [0.3, 0.4) is 0 Å². The van der Waals surface area contributed by atoms with Crippen LogP contribution in [0.2, 0.25) is 0 Å². The van der Waals surface area contributed by atoms with Crippen molar-refractivity contribution in [3.8, 4) is 0 Å². The number of alkyl halides is 2. The maximum Gasteiger partial charge on any atom is 0.159 e. The maximum absolute atomic E-state index is 12.7. The minimum Gasteiger partial charge on any atom is -0.308 e. The van der Waals surface area contributed by atoms with E-state index in [4.69, 9.17) is 5.73 Å². The first kappa shape index (κ1) is 7.88. The Morgan fingerprint density at radius 3 is 2.70 bits per heavy atom. The van der Waals surface area contributed by atoms with Crippen LogP contribution in [0.15, 0.2) is 24.1 Å². The third kappa shape index (κ3) is 1.13. The summed E-state index contributed by atoms with van der Waals surface area (Å²) in [5, 5.41) is 0. The molecule has 1 aliphatic rings. The molecule has 4 heteroatoms. The first-order valence-electron chi connectivity index (χ1n) is 2.71. The number of nitrogens with two attached hydrogens (primary N) is 1. The fourth-order valence-electron chi connectivity index (χ4n) is 0.637. The second-order valence-corrected chi connectivity index (χ2v) is 3.38. The van der Waals surface area contributed by atoms with Gasteiger partial charge >= 0.3 is 0 Å². The lowest BCUT2D eigenvalue weighted by molar-refractivity contribution is 0.313. The molecule has 0 aromatic carbocycles. The van der Waals surface area contributed by atoms with Gasteiger partial charge in [-0.2, -0.15) is 0 Å². The van der Waals surface area contributed by atoms with Crippen molar-refractivity contribution < 1.29 is 8.78 Å². The topological polar surface area (TPSA) is 26.0 Å². The van der Waals surface area contributed by atoms with Crippen LogP contribution >= 0.6 is 15.9 Å². The van der Waals surface area contributed by atoms with Gasteiger partial charge in [0.1, 0.15) is 5.83 Å². The van der Waals surface area contributed by atoms with Gasteiger partial charge in [0.05, 0.1) is 0 Å². The summed E-state index contributed by atoms with van der Waals surface area (Å²) in [6.07, 6.45) is 2.12. The molecule has 0 bridgehead atoms. The molecule has 0 saturated heterocycles. The molecule has 0 saturated carbocycles. The van der Waals surface area contributed by atoms with Crippen molar-refractivity contribution in [2.75, 3.05) is 0 Å². The molecule has 1 nitrogen and oxygen atoms in total. The van der Waals surface area contributed by atoms with E-state index >= 15 is 0 Å². The quantitative estimate of drug-likeness (QED) is 0.478. The highest BCUT2D eigenvalue weighted by Gasteiger charge is 2.37. The zero-order chi connectivity index (χ0) is 7.78. The third-order valence-corrected chi connectivity index (χ3v) is 2.11. The maximum atomic E-state index is 12.7. The van der Waals surface area contributed by atoms with Crippen molar-refractivity contribution in [2.24, 2.45) is 5.73 Å². The van der Waals surface area contributed by atoms with E-state index in [1.807, 2.05) is 0 Å². The van der Waals surface area contributed by atoms with Gasteiger partial charge in [0, 0.05) is 0 Å². The summed E-state index contributed by atoms with van der Waals surface area (Å²) in [5.41, 5.74) is 5.21. The van der Waals surface area contributed by atoms with E-state index in [1.165, 1.54) is 12.2 Å². The molecule has 2 unspecified atom stereocenters. The predicted molar refractivity (Wildman–Crippen MR) is 39.1 cm³/mol. The minimum absolute atomic E-state index is 0.692. The van der Waals surface area contributed by atoms with Gasteiger partial charge in [-0.15, -0.1) is 0 Å². The lowest BCUT2D eigenvalue weighted by Gasteiger charge is -2.24. The summed E-state index contributed by atoms with van der Waals surface area (Å²) in [6.45, 7) is 0. The molecular weight excluding hydrogens is 204 g/mol. The van der Waals surface area contributed by atoms with Gasteiger partial charge in [0.2, 0.25) is 0 Å². The van der Waals surface area contributed by atoms with Gasteiger partial charge in [0.25, 0.3) is 0 Å². The third-order valence-electron chi connectivity index (χ3n) is 1.29. The smallest absolute Gasteiger partial charge is 0.159 e. The Labute approximate surface area is 65.7 Å². The fourth-order valence-corrected chi connectivity index (χ4v) is 0.922. The van der Waals surface area contributed by atoms with Gasteiger partial charge < -0.3 is 5.73 Å². The predicted octanol–water partition coefficient (Wildman–Crippen LogP) is 1.80. The van der Waals surface area contributed by atoms with E-state index in [0.29, 0.717) is 0 Å². The molecule has 0 aromatic heterocycles. The van der Waals surface area contributed by atoms with Crippen LogP contribution in [0.4, 0.5) is 8.78 Å². The first-order chi connectivity index (χ1) is 4.55. The van der Waals surface area contributed by atoms with Gasteiger partial charge in [0.15, 0.2) is 10.6 Å². The van der Waals surface area contributed by atoms with E-state index in [-0.39, 0.29) is 0 Å². The molecule has 0 amide bonds. The van der Waals surface area contributed by atoms with E-state index in [9.17, 15) is 8.78 Å². The van der Waals surface area contributed by atoms with Crippen LogP contribution in [0.1, 0.15) is 0 Å². The Morgan fingerprint density at radius 2 is 2.30 bits per heavy atom. The lowest BCUT2D eigenvalue weighted by Crippen LogP contribution is -2.43. The average Bonchev–Trinajstić information content (AvgIpc) is 1.84. The molecule has 56 valence electrons. The SMILES string of the molecule is NC1(Br)C(F)=CC=CC1F. The highest BCUT2D eigenvalue weighted by Crippen LogP contribution is 2.31. The Balaban J connectivity index is 2.93. The van der Waals surface area contributed by atoms with Crippen LogP contribution in [0.5, 0.6) is 0 Å². The summed E-state index contributed by atoms with van der Waals surface area (Å²) in [6, 6.07) is 0. The van der Waals surface area contributed by atoms with Gasteiger partial charge in [-0.1, -0.05) is 22.0 Å². The molecule has 0 radical (unpaired) electrons. The van der Waals surface area contributed by atoms with Crippen LogP contribution in [0.25, 0.3) is 0 Å². The van der Waals surface area contributed by atoms with E-state index in [1.54, 1.807) is 0 Å². The Morgan fingerprint density at radius 1 is 1.70 bits per heavy atom. The minimum atomic E-state index is -1.65. The largest absolute Gasteiger partial charge is 0.308 e. The molecule has 0 aromatic rings. The molecule has 1 rings (SSSR count). The normalized spacial score (nSPS) is 39.6. The van der Waals surface area contributed by atoms with Crippen LogP contribution in [-0.4, -0.2) is 10.6 Å². The average molecular weight is 210 g/mol. The van der Waals surface area contributed by atoms with Crippen molar-refractivity contribution in [3.63, 3.8) is 0 Å². The molecule has 0 heterocycles. The van der Waals surface area contributed by atoms with Gasteiger partial charge in [-0.05, 0) is 12.2 Å². The Bertz CT molecular complexity index is 198. The Hall–Kier alpha value is -0.220. The molecule has 2 N–H and O–H groups in total. The number of hydrogen-bond acceptors (Lipinski definition) is 1. The monoisotopic (exact) mass is 209 g/mol. The van der Waals surface area contributed by atoms with Crippen LogP contribution in [-0.2, 0) is 0 Å². The summed E-state index contributed by atoms with van der Waals surface area (Å²) in [4.78, 5) is 0. The molecule has 0 fully saturated rings. The number of rotatable bonds is 0. The van der Waals surface area contributed by atoms with E-state index in [2.05, 4.69) is 15.9 Å². The second-order valence-electron chi connectivity index (χ2n) is 2.07. The number of allylic oxidation sites excluding steroid dienone is 2. The summed E-state index contributed by atoms with van der Waals surface area (Å²) >= 11 is 2.73. The van der Waals surface area contributed by atoms with Gasteiger partial charge in [-0.25, -0.2) is 8.78 Å². The molecule has 2 atom stereocenters. The van der Waals surface area contributed by atoms with Crippen molar-refractivity contribution >= 4 is 15.9 Å². The molecule has 0 aliphatic heterocycles. The first-order valence-corrected chi connectivity index (χ1v) is 3.51. The van der Waals surface area contributed by atoms with Crippen molar-refractivity contribution in [1.82, 2.24) is 0 Å². The molecule has 10 heavy (non-hydrogen) atoms.